The van der Waals surface area contributed by atoms with Gasteiger partial charge in [0.05, 0.1) is 33.1 Å². The zero-order valence-electron chi connectivity index (χ0n) is 18.6. The average molecular weight is 438 g/mol. The van der Waals surface area contributed by atoms with Crippen molar-refractivity contribution in [2.75, 3.05) is 27.9 Å². The number of carbonyl (C=O) groups excluding carboxylic acids is 2. The maximum absolute atomic E-state index is 12.8. The molecule has 0 aliphatic heterocycles. The first-order chi connectivity index (χ1) is 15.5. The van der Waals surface area contributed by atoms with Gasteiger partial charge in [-0.3, -0.25) is 0 Å². The summed E-state index contributed by atoms with van der Waals surface area (Å²) in [6, 6.07) is 14.5. The minimum atomic E-state index is -0.701. The van der Waals surface area contributed by atoms with Gasteiger partial charge in [0.2, 0.25) is 0 Å². The van der Waals surface area contributed by atoms with Crippen LogP contribution in [0.2, 0.25) is 0 Å². The first-order valence-electron chi connectivity index (χ1n) is 10.2. The van der Waals surface area contributed by atoms with E-state index in [0.717, 1.165) is 12.0 Å². The minimum Gasteiger partial charge on any atom is -0.493 e. The zero-order chi connectivity index (χ0) is 23.1. The number of nitrogens with zero attached hydrogens (tertiary/aromatic N) is 2. The summed E-state index contributed by atoms with van der Waals surface area (Å²) >= 11 is 0. The normalized spacial score (nSPS) is 10.6. The molecule has 0 unspecified atom stereocenters. The molecular weight excluding hydrogens is 412 g/mol. The minimum absolute atomic E-state index is 0.0137. The number of rotatable bonds is 9. The van der Waals surface area contributed by atoms with E-state index < -0.39 is 11.9 Å². The molecule has 0 amide bonds. The molecule has 0 radical (unpaired) electrons. The summed E-state index contributed by atoms with van der Waals surface area (Å²) in [7, 11) is 4.10. The number of esters is 2. The Morgan fingerprint density at radius 1 is 0.969 bits per heavy atom. The van der Waals surface area contributed by atoms with Crippen molar-refractivity contribution in [2.45, 2.75) is 20.0 Å². The third kappa shape index (κ3) is 4.65. The van der Waals surface area contributed by atoms with Gasteiger partial charge in [-0.05, 0) is 36.8 Å². The van der Waals surface area contributed by atoms with Crippen LogP contribution in [-0.4, -0.2) is 49.7 Å². The van der Waals surface area contributed by atoms with Crippen molar-refractivity contribution in [1.82, 2.24) is 9.78 Å². The molecule has 0 bridgehead atoms. The topological polar surface area (TPSA) is 88.9 Å². The van der Waals surface area contributed by atoms with Crippen LogP contribution in [-0.2, 0) is 20.8 Å². The van der Waals surface area contributed by atoms with Gasteiger partial charge in [0, 0.05) is 18.2 Å². The molecule has 1 aromatic heterocycles. The van der Waals surface area contributed by atoms with Crippen LogP contribution >= 0.6 is 0 Å². The van der Waals surface area contributed by atoms with E-state index >= 15 is 0 Å². The van der Waals surface area contributed by atoms with Gasteiger partial charge in [-0.1, -0.05) is 25.1 Å². The summed E-state index contributed by atoms with van der Waals surface area (Å²) < 4.78 is 22.5. The Morgan fingerprint density at radius 2 is 1.69 bits per heavy atom. The van der Waals surface area contributed by atoms with Gasteiger partial charge in [0.1, 0.15) is 17.0 Å². The maximum atomic E-state index is 12.8. The molecule has 32 heavy (non-hydrogen) atoms. The van der Waals surface area contributed by atoms with Crippen molar-refractivity contribution in [3.63, 3.8) is 0 Å². The van der Waals surface area contributed by atoms with Crippen LogP contribution in [0.5, 0.6) is 5.75 Å². The van der Waals surface area contributed by atoms with E-state index in [4.69, 9.17) is 18.9 Å². The lowest BCUT2D eigenvalue weighted by atomic mass is 10.0. The molecule has 168 valence electrons. The fourth-order valence-electron chi connectivity index (χ4n) is 3.30. The molecule has 3 aromatic rings. The lowest BCUT2D eigenvalue weighted by molar-refractivity contribution is 0.0549. The Kier molecular flexibility index (Phi) is 7.62. The molecule has 0 saturated carbocycles. The van der Waals surface area contributed by atoms with Gasteiger partial charge in [-0.15, -0.1) is 0 Å². The second kappa shape index (κ2) is 10.6. The summed E-state index contributed by atoms with van der Waals surface area (Å²) in [5, 5.41) is 4.62. The summed E-state index contributed by atoms with van der Waals surface area (Å²) in [5.41, 5.74) is 2.31. The predicted molar refractivity (Wildman–Crippen MR) is 118 cm³/mol. The largest absolute Gasteiger partial charge is 0.493 e. The number of methoxy groups -OCH3 is 3. The fraction of sp³-hybridized carbons (Fsp3) is 0.292. The van der Waals surface area contributed by atoms with Crippen molar-refractivity contribution < 1.29 is 28.5 Å². The highest BCUT2D eigenvalue weighted by molar-refractivity contribution is 6.06. The number of hydrogen-bond donors (Lipinski definition) is 0. The van der Waals surface area contributed by atoms with Gasteiger partial charge in [-0.25, -0.2) is 14.3 Å². The Hall–Kier alpha value is -3.65. The first-order valence-corrected chi connectivity index (χ1v) is 10.2. The molecule has 1 heterocycles. The van der Waals surface area contributed by atoms with E-state index in [-0.39, 0.29) is 11.3 Å². The quantitative estimate of drug-likeness (QED) is 0.466. The summed E-state index contributed by atoms with van der Waals surface area (Å²) in [6.45, 7) is 2.90. The van der Waals surface area contributed by atoms with Crippen LogP contribution in [0.15, 0.2) is 48.5 Å². The number of ether oxygens (including phenoxy) is 4. The van der Waals surface area contributed by atoms with Crippen molar-refractivity contribution in [2.24, 2.45) is 0 Å². The average Bonchev–Trinajstić information content (AvgIpc) is 3.23. The summed E-state index contributed by atoms with van der Waals surface area (Å²) in [4.78, 5) is 25.5. The van der Waals surface area contributed by atoms with Crippen molar-refractivity contribution in [3.05, 3.63) is 65.4 Å². The monoisotopic (exact) mass is 438 g/mol. The van der Waals surface area contributed by atoms with E-state index in [0.29, 0.717) is 35.9 Å². The first kappa shape index (κ1) is 23.0. The Bertz CT molecular complexity index is 1090. The van der Waals surface area contributed by atoms with E-state index in [1.54, 1.807) is 31.4 Å². The Labute approximate surface area is 186 Å². The van der Waals surface area contributed by atoms with Gasteiger partial charge in [0.15, 0.2) is 5.69 Å². The number of para-hydroxylation sites is 1. The van der Waals surface area contributed by atoms with E-state index in [1.165, 1.54) is 18.9 Å². The molecule has 8 nitrogen and oxygen atoms in total. The van der Waals surface area contributed by atoms with Crippen molar-refractivity contribution in [3.8, 4) is 22.7 Å². The van der Waals surface area contributed by atoms with Gasteiger partial charge in [0.25, 0.3) is 0 Å². The molecule has 0 N–H and O–H groups in total. The van der Waals surface area contributed by atoms with Crippen LogP contribution in [0, 0.1) is 0 Å². The molecule has 0 spiro atoms. The second-order valence-corrected chi connectivity index (χ2v) is 6.91. The molecule has 3 rings (SSSR count). The highest BCUT2D eigenvalue weighted by atomic mass is 16.5. The maximum Gasteiger partial charge on any atom is 0.357 e. The van der Waals surface area contributed by atoms with E-state index in [1.807, 2.05) is 31.2 Å². The number of hydrogen-bond acceptors (Lipinski definition) is 7. The highest BCUT2D eigenvalue weighted by Crippen LogP contribution is 2.32. The lowest BCUT2D eigenvalue weighted by Gasteiger charge is -2.12. The number of benzene rings is 2. The third-order valence-electron chi connectivity index (χ3n) is 4.75. The fourth-order valence-corrected chi connectivity index (χ4v) is 3.30. The van der Waals surface area contributed by atoms with E-state index in [2.05, 4.69) is 5.10 Å². The van der Waals surface area contributed by atoms with Crippen LogP contribution < -0.4 is 4.74 Å². The van der Waals surface area contributed by atoms with Crippen LogP contribution in [0.25, 0.3) is 16.9 Å². The molecule has 0 aliphatic carbocycles. The second-order valence-electron chi connectivity index (χ2n) is 6.91. The van der Waals surface area contributed by atoms with Crippen LogP contribution in [0.1, 0.15) is 39.8 Å². The lowest BCUT2D eigenvalue weighted by Crippen LogP contribution is -2.15. The Balaban J connectivity index is 2.26. The summed E-state index contributed by atoms with van der Waals surface area (Å²) in [6.07, 6.45) is 0.866. The number of aromatic nitrogens is 2. The molecule has 0 atom stereocenters. The molecule has 2 aromatic carbocycles. The Morgan fingerprint density at radius 3 is 2.31 bits per heavy atom. The third-order valence-corrected chi connectivity index (χ3v) is 4.75. The van der Waals surface area contributed by atoms with Gasteiger partial charge >= 0.3 is 11.9 Å². The zero-order valence-corrected chi connectivity index (χ0v) is 18.6. The highest BCUT2D eigenvalue weighted by Gasteiger charge is 2.31. The molecular formula is C24H26N2O6. The molecule has 0 aliphatic rings. The standard InChI is InChI=1S/C24H26N2O6/c1-5-13-32-19-12-11-16(14-17(19)15-29-2)21-20(23(27)30-3)22(24(28)31-4)26(25-21)18-9-7-6-8-10-18/h6-12,14H,5,13,15H2,1-4H3. The van der Waals surface area contributed by atoms with Crippen LogP contribution in [0.4, 0.5) is 0 Å². The smallest absolute Gasteiger partial charge is 0.357 e. The van der Waals surface area contributed by atoms with E-state index in [9.17, 15) is 9.59 Å². The molecule has 0 fully saturated rings. The van der Waals surface area contributed by atoms with Gasteiger partial charge < -0.3 is 18.9 Å². The van der Waals surface area contributed by atoms with Crippen LogP contribution in [0.3, 0.4) is 0 Å². The van der Waals surface area contributed by atoms with Crippen molar-refractivity contribution >= 4 is 11.9 Å². The van der Waals surface area contributed by atoms with Gasteiger partial charge in [-0.2, -0.15) is 5.10 Å². The SMILES string of the molecule is CCCOc1ccc(-c2nn(-c3ccccc3)c(C(=O)OC)c2C(=O)OC)cc1COC. The molecule has 8 heteroatoms. The summed E-state index contributed by atoms with van der Waals surface area (Å²) in [5.74, 6) is -0.706. The predicted octanol–water partition coefficient (Wildman–Crippen LogP) is 4.05. The molecule has 0 saturated heterocycles. The number of carbonyl (C=O) groups is 2. The van der Waals surface area contributed by atoms with Crippen molar-refractivity contribution in [1.29, 1.82) is 0 Å².